The summed E-state index contributed by atoms with van der Waals surface area (Å²) in [6.45, 7) is 2.19. The van der Waals surface area contributed by atoms with Crippen molar-refractivity contribution >= 4 is 11.3 Å². The molecule has 0 radical (unpaired) electrons. The number of thiophene rings is 1. The van der Waals surface area contributed by atoms with Crippen LogP contribution in [0.1, 0.15) is 28.7 Å². The van der Waals surface area contributed by atoms with Crippen LogP contribution in [0.4, 0.5) is 0 Å². The minimum absolute atomic E-state index is 0.244. The van der Waals surface area contributed by atoms with Crippen LogP contribution in [0.25, 0.3) is 0 Å². The van der Waals surface area contributed by atoms with Gasteiger partial charge in [0.15, 0.2) is 0 Å². The SMILES string of the molecule is CCc1ccc(CC(N)CCc2cccnc2)s1. The fourth-order valence-corrected chi connectivity index (χ4v) is 3.03. The van der Waals surface area contributed by atoms with E-state index in [9.17, 15) is 0 Å². The predicted molar refractivity (Wildman–Crippen MR) is 77.9 cm³/mol. The molecule has 0 aliphatic heterocycles. The van der Waals surface area contributed by atoms with Crippen molar-refractivity contribution in [1.29, 1.82) is 0 Å². The van der Waals surface area contributed by atoms with Crippen molar-refractivity contribution in [2.24, 2.45) is 5.73 Å². The largest absolute Gasteiger partial charge is 0.327 e. The molecule has 0 aromatic carbocycles. The normalized spacial score (nSPS) is 12.6. The number of nitrogens with zero attached hydrogens (tertiary/aromatic N) is 1. The van der Waals surface area contributed by atoms with Crippen LogP contribution in [0.5, 0.6) is 0 Å². The lowest BCUT2D eigenvalue weighted by atomic mass is 10.0. The second kappa shape index (κ2) is 6.66. The van der Waals surface area contributed by atoms with E-state index in [4.69, 9.17) is 5.73 Å². The Kier molecular flexibility index (Phi) is 4.90. The van der Waals surface area contributed by atoms with Crippen LogP contribution in [0, 0.1) is 0 Å². The third kappa shape index (κ3) is 3.93. The summed E-state index contributed by atoms with van der Waals surface area (Å²) in [4.78, 5) is 6.98. The summed E-state index contributed by atoms with van der Waals surface area (Å²) in [6.07, 6.45) is 7.88. The summed E-state index contributed by atoms with van der Waals surface area (Å²) < 4.78 is 0. The fourth-order valence-electron chi connectivity index (χ4n) is 1.98. The molecule has 0 spiro atoms. The first-order valence-corrected chi connectivity index (χ1v) is 7.31. The molecule has 96 valence electrons. The van der Waals surface area contributed by atoms with E-state index in [-0.39, 0.29) is 6.04 Å². The standard InChI is InChI=1S/C15H20N2S/c1-2-14-7-8-15(18-14)10-13(16)6-5-12-4-3-9-17-11-12/h3-4,7-9,11,13H,2,5-6,10,16H2,1H3. The fraction of sp³-hybridized carbons (Fsp3) is 0.400. The quantitative estimate of drug-likeness (QED) is 0.866. The van der Waals surface area contributed by atoms with Crippen molar-refractivity contribution in [2.45, 2.75) is 38.6 Å². The summed E-state index contributed by atoms with van der Waals surface area (Å²) >= 11 is 1.89. The Morgan fingerprint density at radius 1 is 1.28 bits per heavy atom. The Balaban J connectivity index is 1.80. The van der Waals surface area contributed by atoms with Gasteiger partial charge in [0, 0.05) is 28.2 Å². The summed E-state index contributed by atoms with van der Waals surface area (Å²) in [7, 11) is 0. The lowest BCUT2D eigenvalue weighted by Crippen LogP contribution is -2.23. The number of aryl methyl sites for hydroxylation is 2. The van der Waals surface area contributed by atoms with Crippen LogP contribution in [0.15, 0.2) is 36.7 Å². The minimum atomic E-state index is 0.244. The van der Waals surface area contributed by atoms with Crippen LogP contribution in [0.3, 0.4) is 0 Å². The van der Waals surface area contributed by atoms with Gasteiger partial charge < -0.3 is 5.73 Å². The van der Waals surface area contributed by atoms with Crippen molar-refractivity contribution in [3.63, 3.8) is 0 Å². The zero-order chi connectivity index (χ0) is 12.8. The first kappa shape index (κ1) is 13.2. The van der Waals surface area contributed by atoms with E-state index in [2.05, 4.69) is 30.1 Å². The zero-order valence-electron chi connectivity index (χ0n) is 10.8. The molecule has 0 saturated carbocycles. The van der Waals surface area contributed by atoms with Crippen LogP contribution >= 0.6 is 11.3 Å². The van der Waals surface area contributed by atoms with Crippen LogP contribution in [-0.4, -0.2) is 11.0 Å². The Morgan fingerprint density at radius 3 is 2.78 bits per heavy atom. The molecule has 2 N–H and O–H groups in total. The monoisotopic (exact) mass is 260 g/mol. The van der Waals surface area contributed by atoms with E-state index in [1.54, 1.807) is 6.20 Å². The van der Waals surface area contributed by atoms with E-state index in [1.807, 2.05) is 23.6 Å². The highest BCUT2D eigenvalue weighted by molar-refractivity contribution is 7.11. The van der Waals surface area contributed by atoms with E-state index < -0.39 is 0 Å². The molecule has 18 heavy (non-hydrogen) atoms. The Bertz CT molecular complexity index is 464. The average molecular weight is 260 g/mol. The molecule has 1 unspecified atom stereocenters. The van der Waals surface area contributed by atoms with Gasteiger partial charge in [-0.3, -0.25) is 4.98 Å². The van der Waals surface area contributed by atoms with Gasteiger partial charge >= 0.3 is 0 Å². The number of aromatic nitrogens is 1. The molecule has 3 heteroatoms. The predicted octanol–water partition coefficient (Wildman–Crippen LogP) is 3.21. The van der Waals surface area contributed by atoms with Gasteiger partial charge in [0.2, 0.25) is 0 Å². The highest BCUT2D eigenvalue weighted by Gasteiger charge is 2.07. The molecule has 2 aromatic heterocycles. The maximum atomic E-state index is 6.19. The van der Waals surface area contributed by atoms with Crippen LogP contribution in [0.2, 0.25) is 0 Å². The third-order valence-corrected chi connectivity index (χ3v) is 4.31. The second-order valence-electron chi connectivity index (χ2n) is 4.59. The highest BCUT2D eigenvalue weighted by Crippen LogP contribution is 2.19. The van der Waals surface area contributed by atoms with E-state index in [0.29, 0.717) is 0 Å². The molecule has 0 fully saturated rings. The van der Waals surface area contributed by atoms with Gasteiger partial charge in [-0.05, 0) is 49.4 Å². The van der Waals surface area contributed by atoms with Crippen LogP contribution < -0.4 is 5.73 Å². The maximum absolute atomic E-state index is 6.19. The summed E-state index contributed by atoms with van der Waals surface area (Å²) in [5.74, 6) is 0. The lowest BCUT2D eigenvalue weighted by Gasteiger charge is -2.09. The van der Waals surface area contributed by atoms with E-state index in [0.717, 1.165) is 25.7 Å². The van der Waals surface area contributed by atoms with Crippen molar-refractivity contribution in [1.82, 2.24) is 4.98 Å². The van der Waals surface area contributed by atoms with Gasteiger partial charge in [0.1, 0.15) is 0 Å². The molecule has 0 bridgehead atoms. The average Bonchev–Trinajstić information content (AvgIpc) is 2.85. The Morgan fingerprint density at radius 2 is 2.11 bits per heavy atom. The van der Waals surface area contributed by atoms with Crippen molar-refractivity contribution in [2.75, 3.05) is 0 Å². The minimum Gasteiger partial charge on any atom is -0.327 e. The molecule has 2 rings (SSSR count). The van der Waals surface area contributed by atoms with E-state index in [1.165, 1.54) is 15.3 Å². The maximum Gasteiger partial charge on any atom is 0.0299 e. The van der Waals surface area contributed by atoms with Gasteiger partial charge in [-0.2, -0.15) is 0 Å². The molecule has 0 aliphatic rings. The van der Waals surface area contributed by atoms with Gasteiger partial charge in [0.25, 0.3) is 0 Å². The molecule has 2 heterocycles. The Labute approximate surface area is 113 Å². The van der Waals surface area contributed by atoms with Gasteiger partial charge in [-0.1, -0.05) is 13.0 Å². The molecule has 2 nitrogen and oxygen atoms in total. The van der Waals surface area contributed by atoms with Gasteiger partial charge in [-0.25, -0.2) is 0 Å². The summed E-state index contributed by atoms with van der Waals surface area (Å²) in [5.41, 5.74) is 7.46. The van der Waals surface area contributed by atoms with Crippen LogP contribution in [-0.2, 0) is 19.3 Å². The first-order valence-electron chi connectivity index (χ1n) is 6.50. The second-order valence-corrected chi connectivity index (χ2v) is 5.84. The summed E-state index contributed by atoms with van der Waals surface area (Å²) in [6, 6.07) is 8.77. The molecular weight excluding hydrogens is 240 g/mol. The molecule has 0 saturated heterocycles. The highest BCUT2D eigenvalue weighted by atomic mass is 32.1. The molecule has 1 atom stereocenters. The number of hydrogen-bond donors (Lipinski definition) is 1. The number of hydrogen-bond acceptors (Lipinski definition) is 3. The first-order chi connectivity index (χ1) is 8.78. The Hall–Kier alpha value is -1.19. The number of nitrogens with two attached hydrogens (primary N) is 1. The number of rotatable bonds is 6. The third-order valence-electron chi connectivity index (χ3n) is 3.06. The lowest BCUT2D eigenvalue weighted by molar-refractivity contribution is 0.614. The van der Waals surface area contributed by atoms with Crippen molar-refractivity contribution in [3.05, 3.63) is 52.0 Å². The van der Waals surface area contributed by atoms with E-state index >= 15 is 0 Å². The number of pyridine rings is 1. The smallest absolute Gasteiger partial charge is 0.0299 e. The van der Waals surface area contributed by atoms with Crippen molar-refractivity contribution in [3.8, 4) is 0 Å². The molecular formula is C15H20N2S. The summed E-state index contributed by atoms with van der Waals surface area (Å²) in [5, 5.41) is 0. The van der Waals surface area contributed by atoms with Gasteiger partial charge in [0.05, 0.1) is 0 Å². The van der Waals surface area contributed by atoms with Crippen molar-refractivity contribution < 1.29 is 0 Å². The topological polar surface area (TPSA) is 38.9 Å². The molecule has 0 aliphatic carbocycles. The zero-order valence-corrected chi connectivity index (χ0v) is 11.6. The molecule has 0 amide bonds. The van der Waals surface area contributed by atoms with Gasteiger partial charge in [-0.15, -0.1) is 11.3 Å². The molecule has 2 aromatic rings.